The fourth-order valence-corrected chi connectivity index (χ4v) is 2.84. The van der Waals surface area contributed by atoms with Crippen LogP contribution in [0.5, 0.6) is 0 Å². The minimum Gasteiger partial charge on any atom is -0.463 e. The first kappa shape index (κ1) is 14.2. The van der Waals surface area contributed by atoms with E-state index in [1.54, 1.807) is 36.5 Å². The number of pyridine rings is 1. The molecule has 1 N–H and O–H groups in total. The Kier molecular flexibility index (Phi) is 3.80. The molecule has 0 aliphatic heterocycles. The number of anilines is 1. The van der Waals surface area contributed by atoms with Gasteiger partial charge in [-0.15, -0.1) is 0 Å². The van der Waals surface area contributed by atoms with E-state index in [0.29, 0.717) is 27.2 Å². The highest BCUT2D eigenvalue weighted by Gasteiger charge is 2.23. The van der Waals surface area contributed by atoms with Crippen molar-refractivity contribution in [3.63, 3.8) is 0 Å². The van der Waals surface area contributed by atoms with E-state index in [1.165, 1.54) is 13.2 Å². The van der Waals surface area contributed by atoms with Gasteiger partial charge in [0.25, 0.3) is 0 Å². The molecule has 6 nitrogen and oxygen atoms in total. The predicted octanol–water partition coefficient (Wildman–Crippen LogP) is 2.99. The molecule has 110 valence electrons. The predicted molar refractivity (Wildman–Crippen MR) is 81.8 cm³/mol. The Morgan fingerprint density at radius 3 is 2.73 bits per heavy atom. The number of hydrogen-bond acceptors (Lipinski definition) is 6. The van der Waals surface area contributed by atoms with E-state index in [1.807, 2.05) is 0 Å². The van der Waals surface area contributed by atoms with Crippen LogP contribution in [0.15, 0.2) is 47.2 Å². The largest absolute Gasteiger partial charge is 0.463 e. The van der Waals surface area contributed by atoms with Crippen molar-refractivity contribution in [3.05, 3.63) is 53.4 Å². The molecule has 0 fully saturated rings. The second-order valence-corrected chi connectivity index (χ2v) is 5.40. The van der Waals surface area contributed by atoms with Crippen LogP contribution < -0.4 is 5.32 Å². The van der Waals surface area contributed by atoms with Crippen molar-refractivity contribution in [3.8, 4) is 11.5 Å². The van der Waals surface area contributed by atoms with Crippen molar-refractivity contribution in [2.45, 2.75) is 6.92 Å². The Balaban J connectivity index is 2.07. The monoisotopic (exact) mass is 313 g/mol. The zero-order valence-corrected chi connectivity index (χ0v) is 12.4. The number of thiazole rings is 1. The molecular formula is C15H11N3O3S. The second-order valence-electron chi connectivity index (χ2n) is 4.40. The van der Waals surface area contributed by atoms with Gasteiger partial charge < -0.3 is 9.73 Å². The van der Waals surface area contributed by atoms with Crippen molar-refractivity contribution < 1.29 is 14.0 Å². The molecule has 0 bridgehead atoms. The fraction of sp³-hybridized carbons (Fsp3) is 0.0667. The molecule has 0 aliphatic rings. The quantitative estimate of drug-likeness (QED) is 0.748. The molecule has 0 spiro atoms. The van der Waals surface area contributed by atoms with E-state index in [2.05, 4.69) is 15.3 Å². The minimum atomic E-state index is -0.263. The SMILES string of the molecule is CC(=O)Nc1nc(-c2ccco2)c(C(=O)c2ccccn2)s1. The Morgan fingerprint density at radius 1 is 1.23 bits per heavy atom. The summed E-state index contributed by atoms with van der Waals surface area (Å²) in [6.45, 7) is 1.38. The van der Waals surface area contributed by atoms with Gasteiger partial charge in [0, 0.05) is 13.1 Å². The van der Waals surface area contributed by atoms with Gasteiger partial charge in [-0.05, 0) is 24.3 Å². The zero-order chi connectivity index (χ0) is 15.5. The van der Waals surface area contributed by atoms with Gasteiger partial charge in [0.2, 0.25) is 11.7 Å². The summed E-state index contributed by atoms with van der Waals surface area (Å²) in [5, 5.41) is 2.93. The van der Waals surface area contributed by atoms with Crippen molar-refractivity contribution in [2.75, 3.05) is 5.32 Å². The van der Waals surface area contributed by atoms with Crippen LogP contribution in [0.1, 0.15) is 22.3 Å². The van der Waals surface area contributed by atoms with Gasteiger partial charge in [-0.25, -0.2) is 4.98 Å². The average molecular weight is 313 g/mol. The summed E-state index contributed by atoms with van der Waals surface area (Å²) >= 11 is 1.10. The summed E-state index contributed by atoms with van der Waals surface area (Å²) in [6, 6.07) is 8.53. The molecule has 0 radical (unpaired) electrons. The Bertz CT molecular complexity index is 810. The van der Waals surface area contributed by atoms with Crippen LogP contribution in [0, 0.1) is 0 Å². The van der Waals surface area contributed by atoms with Gasteiger partial charge in [-0.3, -0.25) is 14.6 Å². The maximum atomic E-state index is 12.6. The highest BCUT2D eigenvalue weighted by Crippen LogP contribution is 2.32. The molecule has 3 rings (SSSR count). The molecule has 3 aromatic rings. The molecule has 7 heteroatoms. The number of furan rings is 1. The van der Waals surface area contributed by atoms with Crippen molar-refractivity contribution in [2.24, 2.45) is 0 Å². The van der Waals surface area contributed by atoms with Crippen molar-refractivity contribution >= 4 is 28.2 Å². The number of aromatic nitrogens is 2. The minimum absolute atomic E-state index is 0.253. The normalized spacial score (nSPS) is 10.4. The fourth-order valence-electron chi connectivity index (χ4n) is 1.87. The van der Waals surface area contributed by atoms with Crippen LogP contribution in [0.3, 0.4) is 0 Å². The summed E-state index contributed by atoms with van der Waals surface area (Å²) in [5.74, 6) is -0.0511. The third-order valence-corrected chi connectivity index (χ3v) is 3.74. The van der Waals surface area contributed by atoms with Gasteiger partial charge in [0.05, 0.1) is 6.26 Å². The molecule has 3 aromatic heterocycles. The lowest BCUT2D eigenvalue weighted by atomic mass is 10.1. The Labute approximate surface area is 129 Å². The Hall–Kier alpha value is -2.80. The number of rotatable bonds is 4. The lowest BCUT2D eigenvalue weighted by molar-refractivity contribution is -0.114. The smallest absolute Gasteiger partial charge is 0.223 e. The third kappa shape index (κ3) is 2.79. The molecule has 3 heterocycles. The maximum Gasteiger partial charge on any atom is 0.223 e. The molecule has 0 aromatic carbocycles. The first-order valence-corrected chi connectivity index (χ1v) is 7.25. The van der Waals surface area contributed by atoms with Gasteiger partial charge in [-0.1, -0.05) is 17.4 Å². The van der Waals surface area contributed by atoms with Crippen LogP contribution >= 0.6 is 11.3 Å². The van der Waals surface area contributed by atoms with E-state index in [4.69, 9.17) is 4.42 Å². The van der Waals surface area contributed by atoms with Crippen LogP contribution in [0.2, 0.25) is 0 Å². The number of nitrogens with zero attached hydrogens (tertiary/aromatic N) is 2. The van der Waals surface area contributed by atoms with Crippen LogP contribution in [0.4, 0.5) is 5.13 Å². The van der Waals surface area contributed by atoms with E-state index < -0.39 is 0 Å². The number of carbonyl (C=O) groups excluding carboxylic acids is 2. The molecule has 1 amide bonds. The highest BCUT2D eigenvalue weighted by molar-refractivity contribution is 7.18. The first-order valence-electron chi connectivity index (χ1n) is 6.43. The summed E-state index contributed by atoms with van der Waals surface area (Å²) in [6.07, 6.45) is 3.05. The molecular weight excluding hydrogens is 302 g/mol. The van der Waals surface area contributed by atoms with E-state index in [9.17, 15) is 9.59 Å². The van der Waals surface area contributed by atoms with E-state index >= 15 is 0 Å². The molecule has 0 aliphatic carbocycles. The van der Waals surface area contributed by atoms with Crippen LogP contribution in [-0.2, 0) is 4.79 Å². The summed E-state index contributed by atoms with van der Waals surface area (Å²) in [4.78, 5) is 32.5. The maximum absolute atomic E-state index is 12.6. The molecule has 0 saturated heterocycles. The number of carbonyl (C=O) groups is 2. The summed E-state index contributed by atoms with van der Waals surface area (Å²) in [7, 11) is 0. The summed E-state index contributed by atoms with van der Waals surface area (Å²) < 4.78 is 5.32. The summed E-state index contributed by atoms with van der Waals surface area (Å²) in [5.41, 5.74) is 0.711. The number of nitrogens with one attached hydrogen (secondary N) is 1. The van der Waals surface area contributed by atoms with Crippen molar-refractivity contribution in [1.29, 1.82) is 0 Å². The van der Waals surface area contributed by atoms with Crippen LogP contribution in [-0.4, -0.2) is 21.7 Å². The first-order chi connectivity index (χ1) is 10.6. The van der Waals surface area contributed by atoms with Gasteiger partial charge in [-0.2, -0.15) is 0 Å². The third-order valence-electron chi connectivity index (χ3n) is 2.77. The molecule has 0 unspecified atom stereocenters. The lowest BCUT2D eigenvalue weighted by Crippen LogP contribution is -2.04. The van der Waals surface area contributed by atoms with E-state index in [-0.39, 0.29) is 11.7 Å². The van der Waals surface area contributed by atoms with Gasteiger partial charge >= 0.3 is 0 Å². The second kappa shape index (κ2) is 5.90. The standard InChI is InChI=1S/C15H11N3O3S/c1-9(19)17-15-18-12(11-6-4-8-21-11)14(22-15)13(20)10-5-2-3-7-16-10/h2-8H,1H3,(H,17,18,19). The molecule has 22 heavy (non-hydrogen) atoms. The Morgan fingerprint density at radius 2 is 2.09 bits per heavy atom. The van der Waals surface area contributed by atoms with Gasteiger partial charge in [0.1, 0.15) is 16.3 Å². The highest BCUT2D eigenvalue weighted by atomic mass is 32.1. The molecule has 0 saturated carbocycles. The topological polar surface area (TPSA) is 85.1 Å². The zero-order valence-electron chi connectivity index (χ0n) is 11.6. The average Bonchev–Trinajstić information content (AvgIpc) is 3.15. The number of amides is 1. The lowest BCUT2D eigenvalue weighted by Gasteiger charge is -1.98. The van der Waals surface area contributed by atoms with Gasteiger partial charge in [0.15, 0.2) is 10.9 Å². The van der Waals surface area contributed by atoms with Crippen LogP contribution in [0.25, 0.3) is 11.5 Å². The van der Waals surface area contributed by atoms with Crippen molar-refractivity contribution in [1.82, 2.24) is 9.97 Å². The molecule has 0 atom stereocenters. The number of ketones is 1. The number of hydrogen-bond donors (Lipinski definition) is 1. The van der Waals surface area contributed by atoms with E-state index in [0.717, 1.165) is 11.3 Å².